The SMILES string of the molecule is NC(=O)C1CCNCC12OCC(O)O2. The molecule has 1 spiro atoms. The molecule has 2 rings (SSSR count). The Bertz CT molecular complexity index is 243. The number of hydrogen-bond acceptors (Lipinski definition) is 5. The van der Waals surface area contributed by atoms with Gasteiger partial charge in [-0.15, -0.1) is 0 Å². The van der Waals surface area contributed by atoms with Crippen molar-refractivity contribution in [3.63, 3.8) is 0 Å². The van der Waals surface area contributed by atoms with Crippen LogP contribution in [0.2, 0.25) is 0 Å². The average molecular weight is 202 g/mol. The first kappa shape index (κ1) is 9.85. The molecule has 80 valence electrons. The summed E-state index contributed by atoms with van der Waals surface area (Å²) in [6.07, 6.45) is -0.390. The molecule has 6 nitrogen and oxygen atoms in total. The van der Waals surface area contributed by atoms with Gasteiger partial charge in [-0.05, 0) is 13.0 Å². The fourth-order valence-electron chi connectivity index (χ4n) is 2.00. The number of nitrogens with one attached hydrogen (secondary N) is 1. The van der Waals surface area contributed by atoms with Crippen molar-refractivity contribution in [1.82, 2.24) is 5.32 Å². The van der Waals surface area contributed by atoms with Crippen LogP contribution in [0, 0.1) is 5.92 Å². The fraction of sp³-hybridized carbons (Fsp3) is 0.875. The van der Waals surface area contributed by atoms with Crippen LogP contribution in [-0.4, -0.2) is 42.8 Å². The summed E-state index contributed by atoms with van der Waals surface area (Å²) in [6, 6.07) is 0. The van der Waals surface area contributed by atoms with Crippen molar-refractivity contribution in [2.45, 2.75) is 18.5 Å². The van der Waals surface area contributed by atoms with E-state index in [1.807, 2.05) is 0 Å². The maximum absolute atomic E-state index is 11.2. The molecule has 4 N–H and O–H groups in total. The molecule has 6 heteroatoms. The number of piperidine rings is 1. The summed E-state index contributed by atoms with van der Waals surface area (Å²) in [5.74, 6) is -1.98. The van der Waals surface area contributed by atoms with Gasteiger partial charge in [-0.2, -0.15) is 0 Å². The third kappa shape index (κ3) is 1.50. The number of aliphatic hydroxyl groups excluding tert-OH is 1. The number of rotatable bonds is 1. The fourth-order valence-corrected chi connectivity index (χ4v) is 2.00. The molecule has 2 saturated heterocycles. The summed E-state index contributed by atoms with van der Waals surface area (Å²) in [6.45, 7) is 1.18. The third-order valence-electron chi connectivity index (χ3n) is 2.66. The molecule has 3 atom stereocenters. The number of primary amides is 1. The van der Waals surface area contributed by atoms with Crippen LogP contribution in [-0.2, 0) is 14.3 Å². The average Bonchev–Trinajstić information content (AvgIpc) is 2.48. The molecule has 2 aliphatic rings. The van der Waals surface area contributed by atoms with Crippen molar-refractivity contribution >= 4 is 5.91 Å². The molecule has 0 aliphatic carbocycles. The molecule has 0 aromatic carbocycles. The highest BCUT2D eigenvalue weighted by Crippen LogP contribution is 2.34. The van der Waals surface area contributed by atoms with Crippen molar-refractivity contribution in [3.8, 4) is 0 Å². The van der Waals surface area contributed by atoms with Crippen molar-refractivity contribution in [1.29, 1.82) is 0 Å². The van der Waals surface area contributed by atoms with Crippen LogP contribution in [0.15, 0.2) is 0 Å². The van der Waals surface area contributed by atoms with Crippen LogP contribution in [0.5, 0.6) is 0 Å². The highest BCUT2D eigenvalue weighted by Gasteiger charge is 2.51. The summed E-state index contributed by atoms with van der Waals surface area (Å²) in [5, 5.41) is 12.3. The smallest absolute Gasteiger partial charge is 0.226 e. The van der Waals surface area contributed by atoms with E-state index in [0.29, 0.717) is 19.5 Å². The van der Waals surface area contributed by atoms with E-state index in [9.17, 15) is 9.90 Å². The standard InChI is InChI=1S/C8H14N2O4/c9-7(12)5-1-2-10-4-8(5)13-3-6(11)14-8/h5-6,10-11H,1-4H2,(H2,9,12). The lowest BCUT2D eigenvalue weighted by molar-refractivity contribution is -0.230. The number of carbonyl (C=O) groups excluding carboxylic acids is 1. The summed E-state index contributed by atoms with van der Waals surface area (Å²) in [4.78, 5) is 11.2. The molecule has 1 amide bonds. The molecular weight excluding hydrogens is 188 g/mol. The monoisotopic (exact) mass is 202 g/mol. The van der Waals surface area contributed by atoms with Gasteiger partial charge in [0, 0.05) is 0 Å². The zero-order chi connectivity index (χ0) is 10.2. The van der Waals surface area contributed by atoms with Gasteiger partial charge in [0.15, 0.2) is 12.1 Å². The number of nitrogens with two attached hydrogens (primary N) is 1. The predicted molar refractivity (Wildman–Crippen MR) is 45.9 cm³/mol. The number of hydrogen-bond donors (Lipinski definition) is 3. The van der Waals surface area contributed by atoms with Gasteiger partial charge in [-0.3, -0.25) is 4.79 Å². The number of amides is 1. The van der Waals surface area contributed by atoms with Crippen molar-refractivity contribution in [2.24, 2.45) is 11.7 Å². The second-order valence-electron chi connectivity index (χ2n) is 3.62. The first-order chi connectivity index (χ1) is 6.64. The van der Waals surface area contributed by atoms with Gasteiger partial charge >= 0.3 is 0 Å². The lowest BCUT2D eigenvalue weighted by Gasteiger charge is -2.37. The Morgan fingerprint density at radius 2 is 2.43 bits per heavy atom. The van der Waals surface area contributed by atoms with E-state index in [0.717, 1.165) is 0 Å². The maximum atomic E-state index is 11.2. The number of carbonyl (C=O) groups is 1. The minimum absolute atomic E-state index is 0.0888. The highest BCUT2D eigenvalue weighted by atomic mass is 16.8. The van der Waals surface area contributed by atoms with Gasteiger partial charge in [0.1, 0.15) is 6.61 Å². The molecule has 0 saturated carbocycles. The lowest BCUT2D eigenvalue weighted by atomic mass is 9.91. The number of ether oxygens (including phenoxy) is 2. The van der Waals surface area contributed by atoms with Crippen LogP contribution < -0.4 is 11.1 Å². The van der Waals surface area contributed by atoms with Gasteiger partial charge in [-0.1, -0.05) is 0 Å². The van der Waals surface area contributed by atoms with E-state index in [1.54, 1.807) is 0 Å². The van der Waals surface area contributed by atoms with E-state index >= 15 is 0 Å². The summed E-state index contributed by atoms with van der Waals surface area (Å²) >= 11 is 0. The van der Waals surface area contributed by atoms with E-state index in [1.165, 1.54) is 0 Å². The molecule has 0 bridgehead atoms. The molecular formula is C8H14N2O4. The van der Waals surface area contributed by atoms with Gasteiger partial charge < -0.3 is 25.6 Å². The summed E-state index contributed by atoms with van der Waals surface area (Å²) < 4.78 is 10.6. The van der Waals surface area contributed by atoms with Gasteiger partial charge in [0.05, 0.1) is 12.5 Å². The lowest BCUT2D eigenvalue weighted by Crippen LogP contribution is -2.57. The van der Waals surface area contributed by atoms with Crippen LogP contribution in [0.4, 0.5) is 0 Å². The first-order valence-corrected chi connectivity index (χ1v) is 4.64. The molecule has 2 fully saturated rings. The van der Waals surface area contributed by atoms with E-state index in [2.05, 4.69) is 5.32 Å². The minimum atomic E-state index is -1.05. The molecule has 0 radical (unpaired) electrons. The van der Waals surface area contributed by atoms with Gasteiger partial charge in [0.25, 0.3) is 0 Å². The molecule has 3 unspecified atom stereocenters. The normalized spacial score (nSPS) is 42.9. The van der Waals surface area contributed by atoms with Crippen LogP contribution >= 0.6 is 0 Å². The zero-order valence-corrected chi connectivity index (χ0v) is 7.73. The second-order valence-corrected chi connectivity index (χ2v) is 3.62. The number of aliphatic hydroxyl groups is 1. The topological polar surface area (TPSA) is 93.8 Å². The third-order valence-corrected chi connectivity index (χ3v) is 2.66. The van der Waals surface area contributed by atoms with Crippen molar-refractivity contribution in [2.75, 3.05) is 19.7 Å². The summed E-state index contributed by atoms with van der Waals surface area (Å²) in [5.41, 5.74) is 5.26. The Labute approximate surface area is 81.4 Å². The van der Waals surface area contributed by atoms with E-state index < -0.39 is 23.9 Å². The summed E-state index contributed by atoms with van der Waals surface area (Å²) in [7, 11) is 0. The van der Waals surface area contributed by atoms with Crippen LogP contribution in [0.3, 0.4) is 0 Å². The Kier molecular flexibility index (Phi) is 2.44. The Morgan fingerprint density at radius 1 is 1.64 bits per heavy atom. The van der Waals surface area contributed by atoms with Crippen LogP contribution in [0.25, 0.3) is 0 Å². The predicted octanol–water partition coefficient (Wildman–Crippen LogP) is -1.86. The van der Waals surface area contributed by atoms with E-state index in [-0.39, 0.29) is 6.61 Å². The highest BCUT2D eigenvalue weighted by molar-refractivity contribution is 5.78. The second kappa shape index (κ2) is 3.47. The van der Waals surface area contributed by atoms with Gasteiger partial charge in [-0.25, -0.2) is 0 Å². The van der Waals surface area contributed by atoms with E-state index in [4.69, 9.17) is 15.2 Å². The zero-order valence-electron chi connectivity index (χ0n) is 7.73. The molecule has 2 heterocycles. The largest absolute Gasteiger partial charge is 0.369 e. The van der Waals surface area contributed by atoms with Crippen molar-refractivity contribution < 1.29 is 19.4 Å². The van der Waals surface area contributed by atoms with Crippen LogP contribution in [0.1, 0.15) is 6.42 Å². The molecule has 0 aromatic heterocycles. The quantitative estimate of drug-likeness (QED) is 0.463. The molecule has 0 aromatic rings. The van der Waals surface area contributed by atoms with Gasteiger partial charge in [0.2, 0.25) is 5.91 Å². The molecule has 2 aliphatic heterocycles. The molecule has 14 heavy (non-hydrogen) atoms. The van der Waals surface area contributed by atoms with Crippen molar-refractivity contribution in [3.05, 3.63) is 0 Å². The Balaban J connectivity index is 2.17. The minimum Gasteiger partial charge on any atom is -0.369 e. The maximum Gasteiger partial charge on any atom is 0.226 e. The Morgan fingerprint density at radius 3 is 3.00 bits per heavy atom. The first-order valence-electron chi connectivity index (χ1n) is 4.64. The Hall–Kier alpha value is -0.690.